The predicted molar refractivity (Wildman–Crippen MR) is 72.2 cm³/mol. The summed E-state index contributed by atoms with van der Waals surface area (Å²) in [6.45, 7) is 5.22. The number of hydrogen-bond donors (Lipinski definition) is 0. The molecule has 0 saturated heterocycles. The maximum absolute atomic E-state index is 12.0. The maximum atomic E-state index is 12.0. The number of rotatable bonds is 10. The van der Waals surface area contributed by atoms with Gasteiger partial charge in [-0.05, 0) is 27.2 Å². The summed E-state index contributed by atoms with van der Waals surface area (Å²) in [7, 11) is 0. The van der Waals surface area contributed by atoms with Crippen LogP contribution in [0.2, 0.25) is 0 Å². The minimum atomic E-state index is -1.58. The first kappa shape index (κ1) is 19.1. The summed E-state index contributed by atoms with van der Waals surface area (Å²) in [5, 5.41) is 0. The molecular weight excluding hydrogens is 280 g/mol. The molecule has 7 heteroatoms. The zero-order valence-electron chi connectivity index (χ0n) is 12.7. The van der Waals surface area contributed by atoms with E-state index in [1.165, 1.54) is 0 Å². The lowest BCUT2D eigenvalue weighted by Gasteiger charge is -2.13. The van der Waals surface area contributed by atoms with Crippen LogP contribution in [0.3, 0.4) is 0 Å². The van der Waals surface area contributed by atoms with Gasteiger partial charge in [-0.15, -0.1) is 0 Å². The van der Waals surface area contributed by atoms with Gasteiger partial charge >= 0.3 is 17.9 Å². The highest BCUT2D eigenvalue weighted by Crippen LogP contribution is 2.11. The number of carbonyl (C=O) groups excluding carboxylic acids is 4. The van der Waals surface area contributed by atoms with Crippen molar-refractivity contribution in [1.82, 2.24) is 0 Å². The van der Waals surface area contributed by atoms with Gasteiger partial charge in [-0.3, -0.25) is 19.2 Å². The van der Waals surface area contributed by atoms with Crippen molar-refractivity contribution in [3.05, 3.63) is 0 Å². The standard InChI is InChI=1S/C14H22O7/c1-4-19-11(16)9-7-8-10(15)12(13(17)20-5-2)14(18)21-6-3/h12H,4-9H2,1-3H3. The molecular formula is C14H22O7. The molecule has 0 aromatic carbocycles. The Morgan fingerprint density at radius 3 is 1.67 bits per heavy atom. The SMILES string of the molecule is CCOC(=O)CCCC(=O)C(C(=O)OCC)C(=O)OCC. The van der Waals surface area contributed by atoms with Crippen LogP contribution in [0.15, 0.2) is 0 Å². The average Bonchev–Trinajstić information content (AvgIpc) is 2.39. The molecule has 0 spiro atoms. The second-order valence-electron chi connectivity index (χ2n) is 4.06. The van der Waals surface area contributed by atoms with Crippen LogP contribution in [0, 0.1) is 5.92 Å². The Bertz CT molecular complexity index is 358. The molecule has 120 valence electrons. The Morgan fingerprint density at radius 2 is 1.24 bits per heavy atom. The Labute approximate surface area is 123 Å². The number of Topliss-reactive ketones (excluding diaryl/α,β-unsaturated/α-hetero) is 1. The van der Waals surface area contributed by atoms with E-state index in [2.05, 4.69) is 0 Å². The predicted octanol–water partition coefficient (Wildman–Crippen LogP) is 1.03. The number of esters is 3. The molecule has 0 bridgehead atoms. The second kappa shape index (κ2) is 10.8. The lowest BCUT2D eigenvalue weighted by atomic mass is 9.99. The average molecular weight is 302 g/mol. The third-order valence-corrected chi connectivity index (χ3v) is 2.48. The van der Waals surface area contributed by atoms with Crippen LogP contribution < -0.4 is 0 Å². The van der Waals surface area contributed by atoms with Gasteiger partial charge in [0.15, 0.2) is 5.78 Å². The molecule has 7 nitrogen and oxygen atoms in total. The van der Waals surface area contributed by atoms with E-state index >= 15 is 0 Å². The summed E-state index contributed by atoms with van der Waals surface area (Å²) in [6, 6.07) is 0. The molecule has 21 heavy (non-hydrogen) atoms. The Hall–Kier alpha value is -1.92. The molecule has 0 amide bonds. The van der Waals surface area contributed by atoms with Crippen LogP contribution >= 0.6 is 0 Å². The minimum Gasteiger partial charge on any atom is -0.466 e. The fourth-order valence-electron chi connectivity index (χ4n) is 1.59. The zero-order valence-corrected chi connectivity index (χ0v) is 12.7. The van der Waals surface area contributed by atoms with E-state index in [1.54, 1.807) is 20.8 Å². The van der Waals surface area contributed by atoms with Crippen LogP contribution in [0.4, 0.5) is 0 Å². The molecule has 0 rings (SSSR count). The minimum absolute atomic E-state index is 0.0535. The first-order valence-electron chi connectivity index (χ1n) is 6.99. The molecule has 0 aromatic heterocycles. The van der Waals surface area contributed by atoms with Gasteiger partial charge in [0.25, 0.3) is 0 Å². The van der Waals surface area contributed by atoms with Gasteiger partial charge in [0.05, 0.1) is 19.8 Å². The molecule has 0 aliphatic rings. The summed E-state index contributed by atoms with van der Waals surface area (Å²) in [4.78, 5) is 46.4. The molecule has 0 aliphatic heterocycles. The van der Waals surface area contributed by atoms with Crippen LogP contribution in [0.5, 0.6) is 0 Å². The first-order valence-corrected chi connectivity index (χ1v) is 6.99. The van der Waals surface area contributed by atoms with Crippen molar-refractivity contribution >= 4 is 23.7 Å². The third kappa shape index (κ3) is 7.43. The van der Waals surface area contributed by atoms with Crippen molar-refractivity contribution in [2.45, 2.75) is 40.0 Å². The fourth-order valence-corrected chi connectivity index (χ4v) is 1.59. The molecule has 0 atom stereocenters. The second-order valence-corrected chi connectivity index (χ2v) is 4.06. The van der Waals surface area contributed by atoms with Crippen molar-refractivity contribution in [2.24, 2.45) is 5.92 Å². The lowest BCUT2D eigenvalue weighted by molar-refractivity contribution is -0.164. The molecule has 0 fully saturated rings. The normalized spacial score (nSPS) is 10.1. The van der Waals surface area contributed by atoms with E-state index in [1.807, 2.05) is 0 Å². The topological polar surface area (TPSA) is 96.0 Å². The van der Waals surface area contributed by atoms with E-state index < -0.39 is 29.6 Å². The van der Waals surface area contributed by atoms with Crippen molar-refractivity contribution in [2.75, 3.05) is 19.8 Å². The number of hydrogen-bond acceptors (Lipinski definition) is 7. The Morgan fingerprint density at radius 1 is 0.762 bits per heavy atom. The molecule has 0 radical (unpaired) electrons. The van der Waals surface area contributed by atoms with Gasteiger partial charge in [-0.25, -0.2) is 0 Å². The van der Waals surface area contributed by atoms with E-state index in [9.17, 15) is 19.2 Å². The fraction of sp³-hybridized carbons (Fsp3) is 0.714. The quantitative estimate of drug-likeness (QED) is 0.338. The van der Waals surface area contributed by atoms with Crippen molar-refractivity contribution in [3.8, 4) is 0 Å². The molecule has 0 aromatic rings. The largest absolute Gasteiger partial charge is 0.466 e. The van der Waals surface area contributed by atoms with Crippen LogP contribution in [-0.2, 0) is 33.4 Å². The maximum Gasteiger partial charge on any atom is 0.328 e. The third-order valence-electron chi connectivity index (χ3n) is 2.48. The highest BCUT2D eigenvalue weighted by atomic mass is 16.6. The van der Waals surface area contributed by atoms with Crippen molar-refractivity contribution in [3.63, 3.8) is 0 Å². The van der Waals surface area contributed by atoms with Gasteiger partial charge in [0.2, 0.25) is 5.92 Å². The number of ether oxygens (including phenoxy) is 3. The number of ketones is 1. The van der Waals surface area contributed by atoms with E-state index in [0.717, 1.165) is 0 Å². The molecule has 0 heterocycles. The smallest absolute Gasteiger partial charge is 0.328 e. The van der Waals surface area contributed by atoms with Crippen LogP contribution in [-0.4, -0.2) is 43.5 Å². The van der Waals surface area contributed by atoms with Crippen molar-refractivity contribution in [1.29, 1.82) is 0 Å². The molecule has 0 N–H and O–H groups in total. The van der Waals surface area contributed by atoms with Crippen molar-refractivity contribution < 1.29 is 33.4 Å². The highest BCUT2D eigenvalue weighted by molar-refractivity contribution is 6.15. The Kier molecular flexibility index (Phi) is 9.83. The van der Waals surface area contributed by atoms with Crippen LogP contribution in [0.1, 0.15) is 40.0 Å². The van der Waals surface area contributed by atoms with Gasteiger partial charge < -0.3 is 14.2 Å². The zero-order chi connectivity index (χ0) is 16.3. The highest BCUT2D eigenvalue weighted by Gasteiger charge is 2.36. The molecule has 0 aliphatic carbocycles. The van der Waals surface area contributed by atoms with Crippen LogP contribution in [0.25, 0.3) is 0 Å². The monoisotopic (exact) mass is 302 g/mol. The van der Waals surface area contributed by atoms with Gasteiger partial charge in [0, 0.05) is 12.8 Å². The van der Waals surface area contributed by atoms with E-state index in [4.69, 9.17) is 14.2 Å². The molecule has 0 saturated carbocycles. The first-order chi connectivity index (χ1) is 9.97. The van der Waals surface area contributed by atoms with E-state index in [-0.39, 0.29) is 39.1 Å². The Balaban J connectivity index is 4.54. The van der Waals surface area contributed by atoms with Gasteiger partial charge in [-0.1, -0.05) is 0 Å². The summed E-state index contributed by atoms with van der Waals surface area (Å²) >= 11 is 0. The van der Waals surface area contributed by atoms with E-state index in [0.29, 0.717) is 0 Å². The van der Waals surface area contributed by atoms with Gasteiger partial charge in [0.1, 0.15) is 0 Å². The summed E-state index contributed by atoms with van der Waals surface area (Å²) < 4.78 is 14.1. The number of carbonyl (C=O) groups is 4. The summed E-state index contributed by atoms with van der Waals surface area (Å²) in [5.41, 5.74) is 0. The lowest BCUT2D eigenvalue weighted by Crippen LogP contribution is -2.35. The summed E-state index contributed by atoms with van der Waals surface area (Å²) in [6.07, 6.45) is 0.159. The molecule has 0 unspecified atom stereocenters. The van der Waals surface area contributed by atoms with Gasteiger partial charge in [-0.2, -0.15) is 0 Å². The summed E-state index contributed by atoms with van der Waals surface area (Å²) in [5.74, 6) is -4.45.